The number of aryl methyl sites for hydroxylation is 1. The van der Waals surface area contributed by atoms with Gasteiger partial charge in [-0.05, 0) is 43.1 Å². The highest BCUT2D eigenvalue weighted by Crippen LogP contribution is 2.14. The molecule has 2 rings (SSSR count). The van der Waals surface area contributed by atoms with E-state index in [-0.39, 0.29) is 11.8 Å². The zero-order valence-corrected chi connectivity index (χ0v) is 11.7. The van der Waals surface area contributed by atoms with E-state index in [0.29, 0.717) is 18.7 Å². The fourth-order valence-electron chi connectivity index (χ4n) is 1.84. The Morgan fingerprint density at radius 1 is 1.50 bits per heavy atom. The summed E-state index contributed by atoms with van der Waals surface area (Å²) in [5, 5.41) is 6.96. The van der Waals surface area contributed by atoms with Gasteiger partial charge < -0.3 is 11.1 Å². The molecule has 0 aliphatic carbocycles. The maximum Gasteiger partial charge on any atom is 0.251 e. The zero-order valence-electron chi connectivity index (χ0n) is 11.7. The number of carbonyl (C=O) groups excluding carboxylic acids is 1. The van der Waals surface area contributed by atoms with E-state index in [4.69, 9.17) is 5.73 Å². The molecule has 0 saturated heterocycles. The van der Waals surface area contributed by atoms with Crippen molar-refractivity contribution in [1.29, 1.82) is 0 Å². The van der Waals surface area contributed by atoms with E-state index in [1.165, 1.54) is 6.33 Å². The second-order valence-corrected chi connectivity index (χ2v) is 4.89. The fraction of sp³-hybridized carbons (Fsp3) is 0.357. The van der Waals surface area contributed by atoms with Crippen LogP contribution in [0, 0.1) is 12.8 Å². The molecular weight excluding hydrogens is 254 g/mol. The molecule has 0 saturated carbocycles. The molecule has 0 radical (unpaired) electrons. The van der Waals surface area contributed by atoms with Crippen LogP contribution in [0.1, 0.15) is 22.8 Å². The van der Waals surface area contributed by atoms with Crippen LogP contribution in [0.15, 0.2) is 30.9 Å². The number of aromatic nitrogens is 3. The van der Waals surface area contributed by atoms with E-state index in [1.807, 2.05) is 26.0 Å². The molecule has 6 nitrogen and oxygen atoms in total. The lowest BCUT2D eigenvalue weighted by Gasteiger charge is -2.11. The molecule has 0 bridgehead atoms. The van der Waals surface area contributed by atoms with Gasteiger partial charge in [0.1, 0.15) is 12.7 Å². The zero-order chi connectivity index (χ0) is 14.5. The predicted octanol–water partition coefficient (Wildman–Crippen LogP) is 0.900. The highest BCUT2D eigenvalue weighted by molar-refractivity contribution is 5.94. The summed E-state index contributed by atoms with van der Waals surface area (Å²) in [7, 11) is 0. The lowest BCUT2D eigenvalue weighted by Crippen LogP contribution is -2.31. The number of carbonyl (C=O) groups is 1. The Labute approximate surface area is 118 Å². The summed E-state index contributed by atoms with van der Waals surface area (Å²) in [6.45, 7) is 5.08. The quantitative estimate of drug-likeness (QED) is 0.847. The molecule has 1 amide bonds. The van der Waals surface area contributed by atoms with Gasteiger partial charge in [-0.1, -0.05) is 6.92 Å². The highest BCUT2D eigenvalue weighted by Gasteiger charge is 2.10. The molecule has 20 heavy (non-hydrogen) atoms. The number of hydrogen-bond donors (Lipinski definition) is 2. The van der Waals surface area contributed by atoms with Crippen molar-refractivity contribution in [2.24, 2.45) is 11.7 Å². The summed E-state index contributed by atoms with van der Waals surface area (Å²) >= 11 is 0. The van der Waals surface area contributed by atoms with E-state index in [0.717, 1.165) is 11.3 Å². The average Bonchev–Trinajstić information content (AvgIpc) is 2.98. The third-order valence-corrected chi connectivity index (χ3v) is 3.14. The first-order chi connectivity index (χ1) is 9.61. The maximum atomic E-state index is 12.0. The Kier molecular flexibility index (Phi) is 4.47. The van der Waals surface area contributed by atoms with Gasteiger partial charge in [0.2, 0.25) is 0 Å². The van der Waals surface area contributed by atoms with Crippen molar-refractivity contribution in [3.8, 4) is 5.69 Å². The van der Waals surface area contributed by atoms with Crippen LogP contribution < -0.4 is 11.1 Å². The molecular formula is C14H19N5O. The monoisotopic (exact) mass is 273 g/mol. The van der Waals surface area contributed by atoms with Gasteiger partial charge in [-0.15, -0.1) is 0 Å². The molecule has 3 N–H and O–H groups in total. The van der Waals surface area contributed by atoms with Crippen molar-refractivity contribution >= 4 is 5.91 Å². The first kappa shape index (κ1) is 14.2. The smallest absolute Gasteiger partial charge is 0.251 e. The van der Waals surface area contributed by atoms with Gasteiger partial charge in [0.15, 0.2) is 0 Å². The van der Waals surface area contributed by atoms with Gasteiger partial charge in [0, 0.05) is 12.1 Å². The number of hydrogen-bond acceptors (Lipinski definition) is 4. The van der Waals surface area contributed by atoms with E-state index < -0.39 is 0 Å². The predicted molar refractivity (Wildman–Crippen MR) is 76.6 cm³/mol. The van der Waals surface area contributed by atoms with Crippen LogP contribution in [0.3, 0.4) is 0 Å². The molecule has 1 unspecified atom stereocenters. The Morgan fingerprint density at radius 3 is 2.90 bits per heavy atom. The molecule has 1 aromatic carbocycles. The summed E-state index contributed by atoms with van der Waals surface area (Å²) in [5.74, 6) is 0.188. The number of amides is 1. The SMILES string of the molecule is Cc1cc(C(=O)NCC(C)CN)ccc1-n1cncn1. The number of nitrogens with one attached hydrogen (secondary N) is 1. The van der Waals surface area contributed by atoms with Crippen molar-refractivity contribution in [3.63, 3.8) is 0 Å². The van der Waals surface area contributed by atoms with E-state index in [2.05, 4.69) is 15.4 Å². The number of rotatable bonds is 5. The van der Waals surface area contributed by atoms with Crippen molar-refractivity contribution in [1.82, 2.24) is 20.1 Å². The van der Waals surface area contributed by atoms with E-state index in [1.54, 1.807) is 17.1 Å². The largest absolute Gasteiger partial charge is 0.352 e. The summed E-state index contributed by atoms with van der Waals surface area (Å²) in [6, 6.07) is 5.50. The minimum atomic E-state index is -0.0847. The van der Waals surface area contributed by atoms with Crippen LogP contribution in [0.4, 0.5) is 0 Å². The van der Waals surface area contributed by atoms with Crippen LogP contribution in [-0.4, -0.2) is 33.8 Å². The molecule has 106 valence electrons. The Balaban J connectivity index is 2.11. The number of benzene rings is 1. The summed E-state index contributed by atoms with van der Waals surface area (Å²) in [5.41, 5.74) is 8.04. The van der Waals surface area contributed by atoms with Crippen LogP contribution in [0.2, 0.25) is 0 Å². The van der Waals surface area contributed by atoms with Crippen LogP contribution in [-0.2, 0) is 0 Å². The van der Waals surface area contributed by atoms with Crippen LogP contribution >= 0.6 is 0 Å². The minimum Gasteiger partial charge on any atom is -0.352 e. The average molecular weight is 273 g/mol. The van der Waals surface area contributed by atoms with Gasteiger partial charge in [-0.3, -0.25) is 4.79 Å². The third kappa shape index (κ3) is 3.21. The molecule has 2 aromatic rings. The van der Waals surface area contributed by atoms with Gasteiger partial charge >= 0.3 is 0 Å². The molecule has 0 spiro atoms. The summed E-state index contributed by atoms with van der Waals surface area (Å²) in [4.78, 5) is 15.9. The molecule has 1 aromatic heterocycles. The normalized spacial score (nSPS) is 12.2. The lowest BCUT2D eigenvalue weighted by atomic mass is 10.1. The van der Waals surface area contributed by atoms with Crippen LogP contribution in [0.25, 0.3) is 5.69 Å². The van der Waals surface area contributed by atoms with Gasteiger partial charge in [-0.25, -0.2) is 9.67 Å². The number of nitrogens with two attached hydrogens (primary N) is 1. The Bertz CT molecular complexity index is 579. The standard InChI is InChI=1S/C14H19N5O/c1-10(6-15)7-17-14(20)12-3-4-13(11(2)5-12)19-9-16-8-18-19/h3-5,8-10H,6-7,15H2,1-2H3,(H,17,20). The van der Waals surface area contributed by atoms with E-state index in [9.17, 15) is 4.79 Å². The minimum absolute atomic E-state index is 0.0847. The second-order valence-electron chi connectivity index (χ2n) is 4.89. The molecule has 0 aliphatic heterocycles. The van der Waals surface area contributed by atoms with Crippen molar-refractivity contribution < 1.29 is 4.79 Å². The van der Waals surface area contributed by atoms with Gasteiger partial charge in [0.05, 0.1) is 5.69 Å². The maximum absolute atomic E-state index is 12.0. The van der Waals surface area contributed by atoms with E-state index >= 15 is 0 Å². The fourth-order valence-corrected chi connectivity index (χ4v) is 1.84. The van der Waals surface area contributed by atoms with Gasteiger partial charge in [-0.2, -0.15) is 5.10 Å². The van der Waals surface area contributed by atoms with Crippen molar-refractivity contribution in [3.05, 3.63) is 42.0 Å². The molecule has 0 fully saturated rings. The topological polar surface area (TPSA) is 85.8 Å². The second kappa shape index (κ2) is 6.29. The van der Waals surface area contributed by atoms with Crippen LogP contribution in [0.5, 0.6) is 0 Å². The Hall–Kier alpha value is -2.21. The van der Waals surface area contributed by atoms with Crippen molar-refractivity contribution in [2.75, 3.05) is 13.1 Å². The lowest BCUT2D eigenvalue weighted by molar-refractivity contribution is 0.0948. The first-order valence-electron chi connectivity index (χ1n) is 6.55. The summed E-state index contributed by atoms with van der Waals surface area (Å²) < 4.78 is 1.67. The third-order valence-electron chi connectivity index (χ3n) is 3.14. The highest BCUT2D eigenvalue weighted by atomic mass is 16.1. The molecule has 1 atom stereocenters. The molecule has 6 heteroatoms. The summed E-state index contributed by atoms with van der Waals surface area (Å²) in [6.07, 6.45) is 3.11. The molecule has 1 heterocycles. The first-order valence-corrected chi connectivity index (χ1v) is 6.55. The van der Waals surface area contributed by atoms with Crippen molar-refractivity contribution in [2.45, 2.75) is 13.8 Å². The molecule has 0 aliphatic rings. The van der Waals surface area contributed by atoms with Gasteiger partial charge in [0.25, 0.3) is 5.91 Å². The Morgan fingerprint density at radius 2 is 2.30 bits per heavy atom. The number of nitrogens with zero attached hydrogens (tertiary/aromatic N) is 3.